The molecular formula is C74H77BCl4N5NaO18P. The molecule has 2 saturated heterocycles. The summed E-state index contributed by atoms with van der Waals surface area (Å²) < 4.78 is 48.4. The van der Waals surface area contributed by atoms with Crippen LogP contribution in [0.25, 0.3) is 43.9 Å². The summed E-state index contributed by atoms with van der Waals surface area (Å²) in [5.41, 5.74) is 17.1. The molecule has 2 fully saturated rings. The minimum Gasteiger partial charge on any atom is -1.00 e. The van der Waals surface area contributed by atoms with Crippen LogP contribution in [0.2, 0.25) is 5.02 Å². The maximum Gasteiger partial charge on any atom is 1.00 e. The van der Waals surface area contributed by atoms with Crippen molar-refractivity contribution in [3.63, 3.8) is 0 Å². The molecular weight excluding hydrogens is 1450 g/mol. The number of esters is 2. The molecule has 0 amide bonds. The molecule has 0 bridgehead atoms. The number of nitrogen functional groups attached to an aromatic ring is 1. The predicted molar refractivity (Wildman–Crippen MR) is 409 cm³/mol. The molecule has 104 heavy (non-hydrogen) atoms. The number of carbonyl (C=O) groups excluding carboxylic acids is 4. The number of hydrogen-bond acceptors (Lipinski definition) is 23. The summed E-state index contributed by atoms with van der Waals surface area (Å²) in [5.74, 6) is -0.819. The van der Waals surface area contributed by atoms with Gasteiger partial charge in [0.1, 0.15) is 39.2 Å². The van der Waals surface area contributed by atoms with E-state index in [4.69, 9.17) is 50.2 Å². The Balaban J connectivity index is 0.000000426. The van der Waals surface area contributed by atoms with Crippen LogP contribution < -0.4 is 79.5 Å². The molecule has 543 valence electrons. The van der Waals surface area contributed by atoms with E-state index in [2.05, 4.69) is 59.1 Å². The van der Waals surface area contributed by atoms with E-state index in [1.807, 2.05) is 124 Å². The van der Waals surface area contributed by atoms with Gasteiger partial charge in [-0.3, -0.25) is 23.7 Å². The van der Waals surface area contributed by atoms with Crippen LogP contribution >= 0.6 is 50.5 Å². The van der Waals surface area contributed by atoms with E-state index in [0.717, 1.165) is 66.1 Å². The molecule has 2 aliphatic heterocycles. The second kappa shape index (κ2) is 47.5. The molecule has 3 radical (unpaired) electrons. The third-order valence-corrected chi connectivity index (χ3v) is 14.4. The average molecular weight is 1530 g/mol. The topological polar surface area (TPSA) is 351 Å². The SMILES string of the molecule is C1CCOC1.C1CCOC1.COC(=O)CN.COC(=O)CNCc1c(Nc2ccc(C)cc2)c2ccccc2oc1=O.Cc1ccc(N)cc1.Cc1ccc(Nc2c(C=O)c(=O)oc3ccccc23)cc1.O=Cc1c(Cl)c2ccccc2oc1=O.O=P(Cl)(Cl)Cl.O=c1cc(O)c2ccccc2o1.[B].[H-].[Na+]. The molecule has 0 saturated carbocycles. The molecule has 0 atom stereocenters. The van der Waals surface area contributed by atoms with Crippen LogP contribution in [-0.4, -0.2) is 91.8 Å². The van der Waals surface area contributed by atoms with Gasteiger partial charge in [0.05, 0.1) is 60.7 Å². The van der Waals surface area contributed by atoms with Gasteiger partial charge in [0, 0.05) is 74.6 Å². The van der Waals surface area contributed by atoms with Crippen molar-refractivity contribution in [3.8, 4) is 5.75 Å². The Hall–Kier alpha value is -8.85. The number of rotatable bonds is 11. The van der Waals surface area contributed by atoms with Gasteiger partial charge in [-0.15, -0.1) is 0 Å². The molecule has 4 aromatic heterocycles. The molecule has 0 spiro atoms. The normalized spacial score (nSPS) is 11.4. The van der Waals surface area contributed by atoms with Crippen molar-refractivity contribution in [1.29, 1.82) is 0 Å². The first kappa shape index (κ1) is 89.4. The molecule has 7 aromatic carbocycles. The van der Waals surface area contributed by atoms with Crippen molar-refractivity contribution in [2.45, 2.75) is 53.0 Å². The van der Waals surface area contributed by atoms with Crippen LogP contribution in [0, 0.1) is 20.8 Å². The van der Waals surface area contributed by atoms with Crippen molar-refractivity contribution in [2.75, 3.05) is 70.1 Å². The molecule has 0 aliphatic carbocycles. The number of anilines is 5. The monoisotopic (exact) mass is 1530 g/mol. The largest absolute Gasteiger partial charge is 1.00 e. The van der Waals surface area contributed by atoms with Crippen molar-refractivity contribution in [1.82, 2.24) is 5.32 Å². The molecule has 0 unspecified atom stereocenters. The van der Waals surface area contributed by atoms with Gasteiger partial charge in [0.15, 0.2) is 12.6 Å². The Labute approximate surface area is 643 Å². The minimum absolute atomic E-state index is 0. The molecule has 6 heterocycles. The summed E-state index contributed by atoms with van der Waals surface area (Å²) >= 11 is 19.7. The van der Waals surface area contributed by atoms with Crippen molar-refractivity contribution in [3.05, 3.63) is 256 Å². The van der Waals surface area contributed by atoms with Crippen LogP contribution in [0.3, 0.4) is 0 Å². The molecule has 13 rings (SSSR count). The summed E-state index contributed by atoms with van der Waals surface area (Å²) in [4.78, 5) is 89.3. The van der Waals surface area contributed by atoms with Crippen molar-refractivity contribution in [2.24, 2.45) is 5.73 Å². The number of nitrogens with two attached hydrogens (primary N) is 2. The average Bonchev–Trinajstić information content (AvgIpc) is 1.11. The van der Waals surface area contributed by atoms with Gasteiger partial charge >= 0.3 is 69.2 Å². The van der Waals surface area contributed by atoms with Crippen LogP contribution in [0.5, 0.6) is 5.75 Å². The molecule has 8 N–H and O–H groups in total. The number of benzene rings is 7. The van der Waals surface area contributed by atoms with E-state index in [1.165, 1.54) is 45.5 Å². The Bertz CT molecular complexity index is 4770. The molecule has 23 nitrogen and oxygen atoms in total. The van der Waals surface area contributed by atoms with Crippen molar-refractivity contribution < 1.29 is 96.4 Å². The fourth-order valence-corrected chi connectivity index (χ4v) is 9.09. The van der Waals surface area contributed by atoms with E-state index in [-0.39, 0.29) is 86.9 Å². The maximum atomic E-state index is 12.5. The number of methoxy groups -OCH3 is 2. The summed E-state index contributed by atoms with van der Waals surface area (Å²) in [6.07, 6.45) is 6.04. The number of fused-ring (bicyclic) bond motifs is 4. The zero-order chi connectivity index (χ0) is 74.6. The summed E-state index contributed by atoms with van der Waals surface area (Å²) in [6, 6.07) is 52.5. The first-order valence-electron chi connectivity index (χ1n) is 31.2. The second-order valence-corrected chi connectivity index (χ2v) is 28.6. The molecule has 30 heteroatoms. The maximum absolute atomic E-state index is 12.5. The number of aldehydes is 2. The third kappa shape index (κ3) is 31.2. The van der Waals surface area contributed by atoms with Gasteiger partial charge in [0.2, 0.25) is 0 Å². The standard InChI is InChI=1S/C20H20N2O4.C17H13NO3.C10H5ClO3.C9H6O3.C7H9N.2C4H8O.C3H7NO2.B.Cl3OP.Na.H/c1-13-7-9-14(10-8-13)22-19-15-5-3-4-6-17(15)26-20(24)16(19)11-21-12-18(23)25-2;1-11-6-8-12(9-7-11)18-16-13-4-2-3-5-15(13)21-17(20)14(16)10-19;11-9-6-3-1-2-4-8(6)14-10(13)7(9)5-12;10-7-5-9(11)12-8-4-2-1-3-6(7)8;1-6-2-4-7(8)5-3-6;2*1-2-4-5-3-1;1-6-3(5)2-4;;1-5(2,3)4;;/h3-10,21-22H,11-12H2,1-2H3;2-10,18H,1H3;1-5H;1-5,10H;2-5H,8H2,1H3;2*1-4H2;2,4H2,1H3;;;;/q;;;;;;;;;;+1;-1. The number of ether oxygens (including phenoxy) is 4. The van der Waals surface area contributed by atoms with Gasteiger partial charge in [-0.1, -0.05) is 113 Å². The number of nitrogens with one attached hydrogen (secondary N) is 3. The third-order valence-electron chi connectivity index (χ3n) is 14.0. The Kier molecular flexibility index (Phi) is 40.8. The minimum atomic E-state index is -3.22. The van der Waals surface area contributed by atoms with Gasteiger partial charge in [0.25, 0.3) is 0 Å². The van der Waals surface area contributed by atoms with Gasteiger partial charge in [-0.2, -0.15) is 0 Å². The van der Waals surface area contributed by atoms with E-state index in [1.54, 1.807) is 66.7 Å². The van der Waals surface area contributed by atoms with Crippen molar-refractivity contribution >= 4 is 156 Å². The van der Waals surface area contributed by atoms with E-state index in [0.29, 0.717) is 68.0 Å². The van der Waals surface area contributed by atoms with E-state index >= 15 is 0 Å². The van der Waals surface area contributed by atoms with Crippen LogP contribution in [-0.2, 0) is 39.6 Å². The van der Waals surface area contributed by atoms with Crippen LogP contribution in [0.1, 0.15) is 70.1 Å². The predicted octanol–water partition coefficient (Wildman–Crippen LogP) is 12.4. The zero-order valence-electron chi connectivity index (χ0n) is 58.8. The van der Waals surface area contributed by atoms with Crippen LogP contribution in [0.4, 0.5) is 28.4 Å². The zero-order valence-corrected chi connectivity index (χ0v) is 63.7. The van der Waals surface area contributed by atoms with E-state index < -0.39 is 33.7 Å². The molecule has 2 aliphatic rings. The smallest absolute Gasteiger partial charge is 1.00 e. The number of hydrogen-bond donors (Lipinski definition) is 6. The van der Waals surface area contributed by atoms with Crippen LogP contribution in [0.15, 0.2) is 213 Å². The summed E-state index contributed by atoms with van der Waals surface area (Å²) in [5, 5.41) is 18.2. The molecule has 11 aromatic rings. The number of aryl methyl sites for hydroxylation is 3. The second-order valence-electron chi connectivity index (χ2n) is 21.6. The fourth-order valence-electron chi connectivity index (χ4n) is 8.81. The number of para-hydroxylation sites is 4. The Morgan fingerprint density at radius 2 is 0.913 bits per heavy atom. The van der Waals surface area contributed by atoms with Gasteiger partial charge in [-0.25, -0.2) is 19.2 Å². The quantitative estimate of drug-likeness (QED) is 0.0175. The fraction of sp³-hybridized carbons (Fsp3) is 0.216. The number of aromatic hydroxyl groups is 1. The number of halogens is 4. The number of carbonyl (C=O) groups is 4. The first-order chi connectivity index (χ1) is 48.9. The van der Waals surface area contributed by atoms with Gasteiger partial charge in [-0.05, 0) is 165 Å². The summed E-state index contributed by atoms with van der Waals surface area (Å²) in [6.45, 7) is 10.2. The van der Waals surface area contributed by atoms with E-state index in [9.17, 15) is 48.0 Å². The Morgan fingerprint density at radius 3 is 1.31 bits per heavy atom. The Morgan fingerprint density at radius 1 is 0.548 bits per heavy atom. The van der Waals surface area contributed by atoms with Gasteiger partial charge < -0.3 is 70.6 Å². The summed E-state index contributed by atoms with van der Waals surface area (Å²) in [7, 11) is 2.62. The first-order valence-corrected chi connectivity index (χ1v) is 36.0.